The Kier molecular flexibility index (Phi) is 6.08. The van der Waals surface area contributed by atoms with Gasteiger partial charge in [-0.05, 0) is 6.08 Å². The number of ether oxygens (including phenoxy) is 1. The Morgan fingerprint density at radius 2 is 2.42 bits per heavy atom. The molecule has 0 saturated heterocycles. The maximum absolute atomic E-state index is 10.7. The molecule has 0 amide bonds. The second-order valence-corrected chi connectivity index (χ2v) is 6.84. The third-order valence-corrected chi connectivity index (χ3v) is 4.27. The quantitative estimate of drug-likeness (QED) is 0.362. The highest BCUT2D eigenvalue weighted by atomic mass is 79.9. The molecule has 2 unspecified atom stereocenters. The number of nitriles is 1. The summed E-state index contributed by atoms with van der Waals surface area (Å²) in [5.41, 5.74) is 5.42. The highest BCUT2D eigenvalue weighted by molar-refractivity contribution is 9.12. The van der Waals surface area contributed by atoms with E-state index in [0.29, 0.717) is 4.48 Å². The van der Waals surface area contributed by atoms with E-state index in [1.165, 1.54) is 0 Å². The van der Waals surface area contributed by atoms with Crippen molar-refractivity contribution in [1.29, 1.82) is 5.26 Å². The van der Waals surface area contributed by atoms with E-state index in [0.717, 1.165) is 0 Å². The molecular weight excluding hydrogens is 400 g/mol. The van der Waals surface area contributed by atoms with Crippen LogP contribution in [0.25, 0.3) is 0 Å². The number of hydrogen-bond acceptors (Lipinski definition) is 5. The third-order valence-electron chi connectivity index (χ3n) is 2.45. The van der Waals surface area contributed by atoms with Crippen LogP contribution in [0.2, 0.25) is 0 Å². The topological polar surface area (TPSA) is 96.3 Å². The number of carboxylic acid groups (broad SMARTS) is 1. The third kappa shape index (κ3) is 4.61. The maximum atomic E-state index is 10.7. The summed E-state index contributed by atoms with van der Waals surface area (Å²) in [6.07, 6.45) is 4.65. The number of carboxylic acids is 1. The number of nitrogens with zero attached hydrogens (tertiary/aromatic N) is 1. The van der Waals surface area contributed by atoms with Gasteiger partial charge in [-0.25, -0.2) is 0 Å². The Labute approximate surface area is 133 Å². The molecule has 1 rings (SSSR count). The van der Waals surface area contributed by atoms with Crippen molar-refractivity contribution >= 4 is 50.5 Å². The number of carbonyl (C=O) groups is 1. The Hall–Kier alpha value is -0.330. The second-order valence-electron chi connectivity index (χ2n) is 3.95. The van der Waals surface area contributed by atoms with Crippen molar-refractivity contribution < 1.29 is 14.6 Å². The van der Waals surface area contributed by atoms with Gasteiger partial charge < -0.3 is 15.6 Å². The van der Waals surface area contributed by atoms with Gasteiger partial charge in [0.2, 0.25) is 0 Å². The molecule has 3 N–H and O–H groups in total. The normalized spacial score (nSPS) is 29.2. The first-order valence-electron chi connectivity index (χ1n) is 5.25. The van der Waals surface area contributed by atoms with Gasteiger partial charge in [-0.2, -0.15) is 17.9 Å². The first kappa shape index (κ1) is 16.7. The molecule has 0 saturated carbocycles. The first-order chi connectivity index (χ1) is 8.79. The summed E-state index contributed by atoms with van der Waals surface area (Å²) in [5, 5.41) is 17.1. The molecule has 1 aliphatic rings. The lowest BCUT2D eigenvalue weighted by molar-refractivity contribution is -0.138. The zero-order valence-corrected chi connectivity index (χ0v) is 13.7. The van der Waals surface area contributed by atoms with Gasteiger partial charge in [-0.1, -0.05) is 44.0 Å². The number of aliphatic carboxylic acids is 1. The molecule has 4 atom stereocenters. The SMILES string of the molecule is N#CC1(Br)C=CC(OC[C@@H](S)[C@H](N)C(=O)O)C(Br)=C1. The van der Waals surface area contributed by atoms with Gasteiger partial charge >= 0.3 is 5.97 Å². The van der Waals surface area contributed by atoms with Crippen LogP contribution in [0.4, 0.5) is 0 Å². The number of nitrogens with two attached hydrogens (primary N) is 1. The first-order valence-corrected chi connectivity index (χ1v) is 7.35. The highest BCUT2D eigenvalue weighted by Gasteiger charge is 2.28. The maximum Gasteiger partial charge on any atom is 0.321 e. The molecular formula is C11H12Br2N2O3S. The van der Waals surface area contributed by atoms with Gasteiger partial charge in [0.25, 0.3) is 0 Å². The van der Waals surface area contributed by atoms with E-state index in [9.17, 15) is 4.79 Å². The van der Waals surface area contributed by atoms with Gasteiger partial charge in [0.15, 0.2) is 0 Å². The van der Waals surface area contributed by atoms with E-state index in [2.05, 4.69) is 50.6 Å². The van der Waals surface area contributed by atoms with Crippen molar-refractivity contribution in [2.75, 3.05) is 6.61 Å². The zero-order valence-electron chi connectivity index (χ0n) is 9.66. The van der Waals surface area contributed by atoms with Crippen LogP contribution in [0, 0.1) is 11.3 Å². The van der Waals surface area contributed by atoms with Crippen molar-refractivity contribution in [2.45, 2.75) is 21.7 Å². The summed E-state index contributed by atoms with van der Waals surface area (Å²) < 4.78 is 5.35. The van der Waals surface area contributed by atoms with Crippen molar-refractivity contribution in [3.8, 4) is 6.07 Å². The average molecular weight is 412 g/mol. The zero-order chi connectivity index (χ0) is 14.6. The van der Waals surface area contributed by atoms with Gasteiger partial charge in [0, 0.05) is 4.48 Å². The molecule has 0 spiro atoms. The van der Waals surface area contributed by atoms with Gasteiger partial charge in [0.1, 0.15) is 16.5 Å². The largest absolute Gasteiger partial charge is 0.480 e. The van der Waals surface area contributed by atoms with Crippen LogP contribution in [0.3, 0.4) is 0 Å². The van der Waals surface area contributed by atoms with Crippen molar-refractivity contribution in [3.05, 3.63) is 22.7 Å². The summed E-state index contributed by atoms with van der Waals surface area (Å²) in [6, 6.07) is 0.995. The molecule has 0 radical (unpaired) electrons. The van der Waals surface area contributed by atoms with Crippen LogP contribution in [-0.2, 0) is 9.53 Å². The second kappa shape index (κ2) is 6.90. The predicted octanol–water partition coefficient (Wildman–Crippen LogP) is 1.59. The fourth-order valence-electron chi connectivity index (χ4n) is 1.33. The van der Waals surface area contributed by atoms with E-state index in [4.69, 9.17) is 20.8 Å². The van der Waals surface area contributed by atoms with Crippen molar-refractivity contribution in [1.82, 2.24) is 0 Å². The van der Waals surface area contributed by atoms with Crippen molar-refractivity contribution in [2.24, 2.45) is 5.73 Å². The van der Waals surface area contributed by atoms with Gasteiger partial charge in [0.05, 0.1) is 17.9 Å². The summed E-state index contributed by atoms with van der Waals surface area (Å²) in [7, 11) is 0. The lowest BCUT2D eigenvalue weighted by Gasteiger charge is -2.24. The van der Waals surface area contributed by atoms with Gasteiger partial charge in [-0.15, -0.1) is 0 Å². The molecule has 0 aromatic rings. The Balaban J connectivity index is 2.58. The summed E-state index contributed by atoms with van der Waals surface area (Å²) in [5.74, 6) is -1.12. The van der Waals surface area contributed by atoms with Gasteiger partial charge in [-0.3, -0.25) is 4.79 Å². The number of halogens is 2. The fourth-order valence-corrected chi connectivity index (χ4v) is 2.89. The molecule has 1 aliphatic carbocycles. The number of allylic oxidation sites excluding steroid dienone is 2. The molecule has 0 bridgehead atoms. The average Bonchev–Trinajstić information content (AvgIpc) is 2.36. The standard InChI is InChI=1S/C11H12Br2N2O3S/c12-6-3-11(13,5-14)2-1-7(6)18-4-8(19)9(15)10(16)17/h1-3,7-9,19H,4,15H2,(H,16,17)/t7?,8-,9+,11?/m1/s1. The monoisotopic (exact) mass is 410 g/mol. The summed E-state index contributed by atoms with van der Waals surface area (Å²) in [4.78, 5) is 10.7. The lowest BCUT2D eigenvalue weighted by atomic mass is 10.0. The molecule has 0 aliphatic heterocycles. The van der Waals surface area contributed by atoms with E-state index < -0.39 is 21.6 Å². The molecule has 19 heavy (non-hydrogen) atoms. The van der Waals surface area contributed by atoms with Crippen LogP contribution >= 0.6 is 44.5 Å². The molecule has 8 heteroatoms. The fraction of sp³-hybridized carbons (Fsp3) is 0.455. The number of hydrogen-bond donors (Lipinski definition) is 3. The summed E-state index contributed by atoms with van der Waals surface area (Å²) in [6.45, 7) is 0.0797. The molecule has 5 nitrogen and oxygen atoms in total. The van der Waals surface area contributed by atoms with Crippen LogP contribution < -0.4 is 5.73 Å². The van der Waals surface area contributed by atoms with Crippen molar-refractivity contribution in [3.63, 3.8) is 0 Å². The number of thiol groups is 1. The Bertz CT molecular complexity index is 463. The van der Waals surface area contributed by atoms with E-state index >= 15 is 0 Å². The number of alkyl halides is 1. The highest BCUT2D eigenvalue weighted by Crippen LogP contribution is 2.32. The Morgan fingerprint density at radius 3 is 2.89 bits per heavy atom. The minimum Gasteiger partial charge on any atom is -0.480 e. The lowest BCUT2D eigenvalue weighted by Crippen LogP contribution is -2.42. The van der Waals surface area contributed by atoms with Crippen LogP contribution in [0.5, 0.6) is 0 Å². The van der Waals surface area contributed by atoms with Crippen LogP contribution in [-0.4, -0.2) is 39.4 Å². The molecule has 0 fully saturated rings. The van der Waals surface area contributed by atoms with E-state index in [1.54, 1.807) is 18.2 Å². The van der Waals surface area contributed by atoms with E-state index in [1.807, 2.05) is 0 Å². The van der Waals surface area contributed by atoms with Crippen LogP contribution in [0.1, 0.15) is 0 Å². The minimum atomic E-state index is -1.12. The molecule has 0 aromatic carbocycles. The minimum absolute atomic E-state index is 0.0797. The number of rotatable bonds is 5. The molecule has 104 valence electrons. The molecule has 0 aromatic heterocycles. The molecule has 0 heterocycles. The predicted molar refractivity (Wildman–Crippen MR) is 81.5 cm³/mol. The Morgan fingerprint density at radius 1 is 1.79 bits per heavy atom. The summed E-state index contributed by atoms with van der Waals surface area (Å²) >= 11 is 10.7. The van der Waals surface area contributed by atoms with E-state index in [-0.39, 0.29) is 12.7 Å². The smallest absolute Gasteiger partial charge is 0.321 e. The van der Waals surface area contributed by atoms with Crippen LogP contribution in [0.15, 0.2) is 22.7 Å².